The van der Waals surface area contributed by atoms with Crippen LogP contribution in [0.4, 0.5) is 0 Å². The van der Waals surface area contributed by atoms with E-state index in [0.717, 1.165) is 12.2 Å². The van der Waals surface area contributed by atoms with Gasteiger partial charge < -0.3 is 21.8 Å². The van der Waals surface area contributed by atoms with Crippen molar-refractivity contribution in [1.82, 2.24) is 0 Å². The topological polar surface area (TPSA) is 36.9 Å². The molecule has 3 N–H and O–H groups in total. The lowest BCUT2D eigenvalue weighted by Gasteiger charge is -2.04. The summed E-state index contributed by atoms with van der Waals surface area (Å²) in [7, 11) is 0. The molecule has 0 unspecified atom stereocenters. The third kappa shape index (κ3) is 14.2. The van der Waals surface area contributed by atoms with Crippen LogP contribution in [0, 0.1) is 0 Å². The molecule has 0 saturated heterocycles. The zero-order valence-electron chi connectivity index (χ0n) is 13.3. The van der Waals surface area contributed by atoms with Crippen molar-refractivity contribution in [2.24, 2.45) is 0 Å². The summed E-state index contributed by atoms with van der Waals surface area (Å²) in [5.41, 5.74) is 1.35. The number of unbranched alkanes of at least 4 members (excludes halogenated alkanes) is 9. The minimum Gasteiger partial charge on any atom is -1.00 e. The molecule has 0 spiro atoms. The third-order valence-electron chi connectivity index (χ3n) is 3.72. The summed E-state index contributed by atoms with van der Waals surface area (Å²) in [5, 5.41) is 0. The summed E-state index contributed by atoms with van der Waals surface area (Å²) in [6, 6.07) is 0. The van der Waals surface area contributed by atoms with Gasteiger partial charge in [-0.25, -0.2) is 0 Å². The molecule has 0 aliphatic heterocycles. The number of hydrogen-bond donors (Lipinski definition) is 1. The van der Waals surface area contributed by atoms with E-state index in [1.165, 1.54) is 69.8 Å². The average molecular weight is 336 g/mol. The number of hydrogen-bond acceptors (Lipinski definition) is 1. The minimum atomic E-state index is 0. The quantitative estimate of drug-likeness (QED) is 0.329. The van der Waals surface area contributed by atoms with E-state index < -0.39 is 0 Å². The van der Waals surface area contributed by atoms with Gasteiger partial charge in [-0.1, -0.05) is 64.7 Å². The van der Waals surface area contributed by atoms with Gasteiger partial charge in [-0.3, -0.25) is 0 Å². The molecule has 0 fully saturated rings. The van der Waals surface area contributed by atoms with Crippen LogP contribution in [0.5, 0.6) is 0 Å². The molecule has 0 aliphatic carbocycles. The number of allylic oxidation sites excluding steroid dienone is 2. The molecule has 0 amide bonds. The van der Waals surface area contributed by atoms with Gasteiger partial charge in [0, 0.05) is 6.92 Å². The number of halogens is 1. The van der Waals surface area contributed by atoms with Crippen molar-refractivity contribution < 1.29 is 27.7 Å². The maximum absolute atomic E-state index is 4.98. The molecule has 0 aromatic rings. The minimum absolute atomic E-state index is 0. The maximum Gasteiger partial charge on any atom is 0.162 e. The Morgan fingerprint density at radius 3 is 1.63 bits per heavy atom. The van der Waals surface area contributed by atoms with Crippen LogP contribution >= 0.6 is 0 Å². The van der Waals surface area contributed by atoms with E-state index in [9.17, 15) is 0 Å². The van der Waals surface area contributed by atoms with Crippen LogP contribution in [0.3, 0.4) is 0 Å². The largest absolute Gasteiger partial charge is 1.00 e. The van der Waals surface area contributed by atoms with Crippen molar-refractivity contribution in [3.8, 4) is 0 Å². The normalized spacial score (nSPS) is 11.8. The van der Waals surface area contributed by atoms with Crippen molar-refractivity contribution in [2.45, 2.75) is 91.4 Å². The first kappa shape index (κ1) is 21.3. The van der Waals surface area contributed by atoms with Gasteiger partial charge in [-0.2, -0.15) is 5.90 Å². The van der Waals surface area contributed by atoms with E-state index in [-0.39, 0.29) is 17.0 Å². The van der Waals surface area contributed by atoms with Gasteiger partial charge in [-0.15, -0.1) is 0 Å². The van der Waals surface area contributed by atoms with Crippen LogP contribution in [0.15, 0.2) is 11.3 Å². The molecule has 0 radical (unpaired) electrons. The molecular weight excluding hydrogens is 302 g/mol. The lowest BCUT2D eigenvalue weighted by Crippen LogP contribution is -3.00. The fourth-order valence-corrected chi connectivity index (χ4v) is 2.18. The molecule has 0 atom stereocenters. The van der Waals surface area contributed by atoms with Crippen molar-refractivity contribution in [1.29, 1.82) is 0 Å². The highest BCUT2D eigenvalue weighted by Crippen LogP contribution is 2.15. The highest BCUT2D eigenvalue weighted by atomic mass is 79.9. The van der Waals surface area contributed by atoms with Gasteiger partial charge in [0.25, 0.3) is 0 Å². The Labute approximate surface area is 130 Å². The molecular formula is C16H34BrNO. The van der Waals surface area contributed by atoms with Gasteiger partial charge in [0.05, 0.1) is 0 Å². The Kier molecular flexibility index (Phi) is 18.0. The Hall–Kier alpha value is -0.0200. The Balaban J connectivity index is 0. The highest BCUT2D eigenvalue weighted by molar-refractivity contribution is 5.01. The SMILES string of the molecule is CCCCCCCCCCCC/C(C)=C(/C)O[NH3+].[Br-]. The molecule has 0 aromatic carbocycles. The summed E-state index contributed by atoms with van der Waals surface area (Å²) >= 11 is 0. The van der Waals surface area contributed by atoms with Gasteiger partial charge >= 0.3 is 0 Å². The van der Waals surface area contributed by atoms with E-state index in [1.54, 1.807) is 0 Å². The van der Waals surface area contributed by atoms with Crippen LogP contribution in [0.1, 0.15) is 91.4 Å². The standard InChI is InChI=1S/C16H34NO.BrH/c1-4-5-6-7-8-9-10-11-12-13-14-15(2)16(3)18-17;/h4-14H2,1-3,17H3;1H/q+1;/p-1/b16-15-;. The van der Waals surface area contributed by atoms with Crippen LogP contribution in [0.25, 0.3) is 0 Å². The Morgan fingerprint density at radius 1 is 0.789 bits per heavy atom. The van der Waals surface area contributed by atoms with Crippen molar-refractivity contribution >= 4 is 0 Å². The van der Waals surface area contributed by atoms with E-state index in [0.29, 0.717) is 0 Å². The smallest absolute Gasteiger partial charge is 0.162 e. The second-order valence-corrected chi connectivity index (χ2v) is 5.41. The lowest BCUT2D eigenvalue weighted by molar-refractivity contribution is -0.672. The molecule has 19 heavy (non-hydrogen) atoms. The van der Waals surface area contributed by atoms with Gasteiger partial charge in [-0.05, 0) is 25.3 Å². The van der Waals surface area contributed by atoms with Crippen molar-refractivity contribution in [2.75, 3.05) is 0 Å². The third-order valence-corrected chi connectivity index (χ3v) is 3.72. The molecule has 3 heteroatoms. The van der Waals surface area contributed by atoms with E-state index >= 15 is 0 Å². The van der Waals surface area contributed by atoms with Gasteiger partial charge in [0.2, 0.25) is 0 Å². The summed E-state index contributed by atoms with van der Waals surface area (Å²) < 4.78 is 0. The first-order chi connectivity index (χ1) is 8.72. The predicted molar refractivity (Wildman–Crippen MR) is 78.8 cm³/mol. The fraction of sp³-hybridized carbons (Fsp3) is 0.875. The zero-order valence-corrected chi connectivity index (χ0v) is 14.9. The molecule has 0 saturated carbocycles. The first-order valence-electron chi connectivity index (χ1n) is 7.80. The first-order valence-corrected chi connectivity index (χ1v) is 7.80. The van der Waals surface area contributed by atoms with Crippen LogP contribution in [-0.2, 0) is 4.84 Å². The Bertz CT molecular complexity index is 217. The summed E-state index contributed by atoms with van der Waals surface area (Å²) in [6.45, 7) is 6.42. The average Bonchev–Trinajstić information content (AvgIpc) is 2.39. The Morgan fingerprint density at radius 2 is 1.21 bits per heavy atom. The number of rotatable bonds is 12. The maximum atomic E-state index is 4.98. The molecule has 0 bridgehead atoms. The fourth-order valence-electron chi connectivity index (χ4n) is 2.18. The summed E-state index contributed by atoms with van der Waals surface area (Å²) in [4.78, 5) is 4.98. The van der Waals surface area contributed by atoms with E-state index in [2.05, 4.69) is 19.7 Å². The van der Waals surface area contributed by atoms with Crippen LogP contribution in [-0.4, -0.2) is 0 Å². The molecule has 0 heterocycles. The zero-order chi connectivity index (χ0) is 13.6. The molecule has 0 rings (SSSR count). The van der Waals surface area contributed by atoms with Gasteiger partial charge in [0.15, 0.2) is 5.76 Å². The number of quaternary nitrogens is 1. The van der Waals surface area contributed by atoms with Crippen LogP contribution in [0.2, 0.25) is 0 Å². The monoisotopic (exact) mass is 335 g/mol. The predicted octanol–water partition coefficient (Wildman–Crippen LogP) is 1.77. The van der Waals surface area contributed by atoms with E-state index in [4.69, 9.17) is 4.84 Å². The highest BCUT2D eigenvalue weighted by Gasteiger charge is 1.99. The second-order valence-electron chi connectivity index (χ2n) is 5.41. The second kappa shape index (κ2) is 16.0. The molecule has 116 valence electrons. The molecule has 0 aliphatic rings. The van der Waals surface area contributed by atoms with Crippen molar-refractivity contribution in [3.63, 3.8) is 0 Å². The van der Waals surface area contributed by atoms with Gasteiger partial charge in [0.1, 0.15) is 0 Å². The van der Waals surface area contributed by atoms with E-state index in [1.807, 2.05) is 6.92 Å². The lowest BCUT2D eigenvalue weighted by atomic mass is 10.0. The molecule has 0 aromatic heterocycles. The van der Waals surface area contributed by atoms with Crippen LogP contribution < -0.4 is 22.9 Å². The molecule has 2 nitrogen and oxygen atoms in total. The summed E-state index contributed by atoms with van der Waals surface area (Å²) in [5.74, 6) is 4.44. The summed E-state index contributed by atoms with van der Waals surface area (Å²) in [6.07, 6.45) is 15.1. The van der Waals surface area contributed by atoms with Crippen molar-refractivity contribution in [3.05, 3.63) is 11.3 Å².